The van der Waals surface area contributed by atoms with Crippen molar-refractivity contribution in [1.29, 1.82) is 0 Å². The predicted molar refractivity (Wildman–Crippen MR) is 89.9 cm³/mol. The first-order chi connectivity index (χ1) is 10.8. The molecule has 2 rings (SSSR count). The quantitative estimate of drug-likeness (QED) is 0.896. The summed E-state index contributed by atoms with van der Waals surface area (Å²) in [7, 11) is -3.38. The van der Waals surface area contributed by atoms with Gasteiger partial charge in [-0.3, -0.25) is 4.79 Å². The van der Waals surface area contributed by atoms with Crippen LogP contribution in [0.4, 0.5) is 5.69 Å². The number of aryl methyl sites for hydroxylation is 1. The Kier molecular flexibility index (Phi) is 5.28. The molecule has 0 aliphatic carbocycles. The fourth-order valence-electron chi connectivity index (χ4n) is 1.88. The summed E-state index contributed by atoms with van der Waals surface area (Å²) in [5, 5.41) is 2.80. The lowest BCUT2D eigenvalue weighted by molar-refractivity contribution is -0.118. The van der Waals surface area contributed by atoms with Gasteiger partial charge in [0.25, 0.3) is 5.91 Å². The van der Waals surface area contributed by atoms with E-state index < -0.39 is 15.7 Å². The van der Waals surface area contributed by atoms with E-state index in [4.69, 9.17) is 16.3 Å². The van der Waals surface area contributed by atoms with Crippen molar-refractivity contribution >= 4 is 33.0 Å². The van der Waals surface area contributed by atoms with Crippen LogP contribution in [0.2, 0.25) is 5.02 Å². The third kappa shape index (κ3) is 4.71. The minimum absolute atomic E-state index is 0.0806. The van der Waals surface area contributed by atoms with Crippen LogP contribution >= 0.6 is 11.6 Å². The highest BCUT2D eigenvalue weighted by Crippen LogP contribution is 2.25. The molecule has 0 saturated heterocycles. The van der Waals surface area contributed by atoms with Crippen LogP contribution in [-0.2, 0) is 14.6 Å². The molecule has 1 N–H and O–H groups in total. The van der Waals surface area contributed by atoms with Gasteiger partial charge in [-0.25, -0.2) is 8.42 Å². The van der Waals surface area contributed by atoms with E-state index >= 15 is 0 Å². The molecular formula is C16H16ClNO4S. The summed E-state index contributed by atoms with van der Waals surface area (Å²) in [5.41, 5.74) is 1.14. The third-order valence-electron chi connectivity index (χ3n) is 3.09. The molecule has 0 aliphatic heterocycles. The van der Waals surface area contributed by atoms with E-state index in [-0.39, 0.29) is 22.2 Å². The zero-order valence-corrected chi connectivity index (χ0v) is 14.2. The highest BCUT2D eigenvalue weighted by molar-refractivity contribution is 7.90. The monoisotopic (exact) mass is 353 g/mol. The van der Waals surface area contributed by atoms with Crippen LogP contribution in [0.15, 0.2) is 47.4 Å². The van der Waals surface area contributed by atoms with E-state index in [2.05, 4.69) is 5.32 Å². The fraction of sp³-hybridized carbons (Fsp3) is 0.188. The molecule has 0 atom stereocenters. The van der Waals surface area contributed by atoms with E-state index in [9.17, 15) is 13.2 Å². The summed E-state index contributed by atoms with van der Waals surface area (Å²) in [5.74, 6) is 0.180. The van der Waals surface area contributed by atoms with E-state index in [0.717, 1.165) is 11.8 Å². The van der Waals surface area contributed by atoms with E-state index in [1.54, 1.807) is 6.07 Å². The van der Waals surface area contributed by atoms with Crippen LogP contribution in [0.5, 0.6) is 5.75 Å². The highest BCUT2D eigenvalue weighted by Gasteiger charge is 2.12. The van der Waals surface area contributed by atoms with Gasteiger partial charge >= 0.3 is 0 Å². The van der Waals surface area contributed by atoms with Crippen molar-refractivity contribution in [2.24, 2.45) is 0 Å². The first-order valence-corrected chi connectivity index (χ1v) is 9.02. The van der Waals surface area contributed by atoms with Gasteiger partial charge in [-0.1, -0.05) is 29.8 Å². The summed E-state index contributed by atoms with van der Waals surface area (Å²) < 4.78 is 28.5. The van der Waals surface area contributed by atoms with Crippen LogP contribution in [0.1, 0.15) is 5.56 Å². The Hall–Kier alpha value is -2.05. The molecule has 23 heavy (non-hydrogen) atoms. The summed E-state index contributed by atoms with van der Waals surface area (Å²) >= 11 is 5.98. The van der Waals surface area contributed by atoms with Crippen molar-refractivity contribution < 1.29 is 17.9 Å². The van der Waals surface area contributed by atoms with Crippen molar-refractivity contribution in [3.63, 3.8) is 0 Å². The Labute approximate surface area is 140 Å². The maximum Gasteiger partial charge on any atom is 0.262 e. The summed E-state index contributed by atoms with van der Waals surface area (Å²) in [6.07, 6.45) is 1.09. The standard InChI is InChI=1S/C16H16ClNO4S/c1-11-5-3-4-6-15(11)22-10-16(19)18-14-9-12(23(2,20)21)7-8-13(14)17/h3-9H,10H2,1-2H3,(H,18,19). The number of halogens is 1. The molecule has 0 saturated carbocycles. The molecule has 0 aromatic heterocycles. The molecule has 0 fully saturated rings. The van der Waals surface area contributed by atoms with Gasteiger partial charge in [0, 0.05) is 6.26 Å². The Morgan fingerprint density at radius 3 is 2.57 bits per heavy atom. The minimum atomic E-state index is -3.38. The van der Waals surface area contributed by atoms with Crippen molar-refractivity contribution in [3.05, 3.63) is 53.1 Å². The van der Waals surface area contributed by atoms with Gasteiger partial charge in [0.1, 0.15) is 5.75 Å². The number of nitrogens with one attached hydrogen (secondary N) is 1. The largest absolute Gasteiger partial charge is 0.483 e. The average molecular weight is 354 g/mol. The molecule has 0 spiro atoms. The van der Waals surface area contributed by atoms with Crippen molar-refractivity contribution in [3.8, 4) is 5.75 Å². The molecule has 5 nitrogen and oxygen atoms in total. The number of carbonyl (C=O) groups excluding carboxylic acids is 1. The number of amides is 1. The summed E-state index contributed by atoms with van der Waals surface area (Å²) in [4.78, 5) is 12.0. The van der Waals surface area contributed by atoms with Crippen molar-refractivity contribution in [2.75, 3.05) is 18.2 Å². The van der Waals surface area contributed by atoms with Gasteiger partial charge in [0.05, 0.1) is 15.6 Å². The molecule has 7 heteroatoms. The number of sulfone groups is 1. The Morgan fingerprint density at radius 1 is 1.22 bits per heavy atom. The number of carbonyl (C=O) groups is 1. The van der Waals surface area contributed by atoms with Gasteiger partial charge in [0.2, 0.25) is 0 Å². The number of hydrogen-bond donors (Lipinski definition) is 1. The lowest BCUT2D eigenvalue weighted by Gasteiger charge is -2.11. The Morgan fingerprint density at radius 2 is 1.91 bits per heavy atom. The molecule has 2 aromatic carbocycles. The van der Waals surface area contributed by atoms with Crippen LogP contribution in [0, 0.1) is 6.92 Å². The second-order valence-electron chi connectivity index (χ2n) is 5.02. The first-order valence-electron chi connectivity index (χ1n) is 6.75. The maximum absolute atomic E-state index is 12.0. The Bertz CT molecular complexity index is 834. The summed E-state index contributed by atoms with van der Waals surface area (Å²) in [6.45, 7) is 1.67. The van der Waals surface area contributed by atoms with Gasteiger partial charge < -0.3 is 10.1 Å². The van der Waals surface area contributed by atoms with E-state index in [1.807, 2.05) is 25.1 Å². The predicted octanol–water partition coefficient (Wildman–Crippen LogP) is 3.07. The summed E-state index contributed by atoms with van der Waals surface area (Å²) in [6, 6.07) is 11.5. The first kappa shape index (κ1) is 17.3. The molecular weight excluding hydrogens is 338 g/mol. The third-order valence-corrected chi connectivity index (χ3v) is 4.53. The van der Waals surface area contributed by atoms with Gasteiger partial charge in [-0.15, -0.1) is 0 Å². The average Bonchev–Trinajstić information content (AvgIpc) is 2.47. The van der Waals surface area contributed by atoms with Gasteiger partial charge in [-0.2, -0.15) is 0 Å². The Balaban J connectivity index is 2.07. The molecule has 0 radical (unpaired) electrons. The molecule has 122 valence electrons. The second kappa shape index (κ2) is 7.02. The SMILES string of the molecule is Cc1ccccc1OCC(=O)Nc1cc(S(C)(=O)=O)ccc1Cl. The molecule has 0 aliphatic rings. The van der Waals surface area contributed by atoms with Gasteiger partial charge in [-0.05, 0) is 36.8 Å². The van der Waals surface area contributed by atoms with E-state index in [1.165, 1.54) is 18.2 Å². The van der Waals surface area contributed by atoms with Crippen molar-refractivity contribution in [1.82, 2.24) is 0 Å². The molecule has 0 unspecified atom stereocenters. The number of para-hydroxylation sites is 1. The zero-order chi connectivity index (χ0) is 17.0. The molecule has 0 heterocycles. The molecule has 0 bridgehead atoms. The fourth-order valence-corrected chi connectivity index (χ4v) is 2.69. The lowest BCUT2D eigenvalue weighted by atomic mass is 10.2. The van der Waals surface area contributed by atoms with Crippen LogP contribution in [0.3, 0.4) is 0 Å². The topological polar surface area (TPSA) is 72.5 Å². The van der Waals surface area contributed by atoms with Crippen LogP contribution < -0.4 is 10.1 Å². The number of anilines is 1. The van der Waals surface area contributed by atoms with E-state index in [0.29, 0.717) is 5.75 Å². The second-order valence-corrected chi connectivity index (χ2v) is 7.44. The number of rotatable bonds is 5. The maximum atomic E-state index is 12.0. The smallest absolute Gasteiger partial charge is 0.262 e. The van der Waals surface area contributed by atoms with Crippen LogP contribution in [0.25, 0.3) is 0 Å². The highest BCUT2D eigenvalue weighted by atomic mass is 35.5. The number of hydrogen-bond acceptors (Lipinski definition) is 4. The minimum Gasteiger partial charge on any atom is -0.483 e. The number of benzene rings is 2. The zero-order valence-electron chi connectivity index (χ0n) is 12.7. The van der Waals surface area contributed by atoms with Gasteiger partial charge in [0.15, 0.2) is 16.4 Å². The molecule has 1 amide bonds. The van der Waals surface area contributed by atoms with Crippen LogP contribution in [-0.4, -0.2) is 27.2 Å². The molecule has 2 aromatic rings. The van der Waals surface area contributed by atoms with Crippen molar-refractivity contribution in [2.45, 2.75) is 11.8 Å². The normalized spacial score (nSPS) is 11.1. The lowest BCUT2D eigenvalue weighted by Crippen LogP contribution is -2.20. The number of ether oxygens (including phenoxy) is 1.